The molecule has 1 saturated heterocycles. The fourth-order valence-corrected chi connectivity index (χ4v) is 3.26. The van der Waals surface area contributed by atoms with Crippen LogP contribution in [0.4, 0.5) is 4.79 Å². The third-order valence-electron chi connectivity index (χ3n) is 4.08. The molecule has 2 atom stereocenters. The third kappa shape index (κ3) is 6.03. The van der Waals surface area contributed by atoms with E-state index in [-0.39, 0.29) is 18.4 Å². The Hall–Kier alpha value is -0.680. The molecule has 7 heteroatoms. The maximum absolute atomic E-state index is 11.6. The molecule has 23 heavy (non-hydrogen) atoms. The lowest BCUT2D eigenvalue weighted by molar-refractivity contribution is 0.238. The molecule has 0 aliphatic carbocycles. The fraction of sp³-hybridized carbons (Fsp3) is 0.562. The van der Waals surface area contributed by atoms with Gasteiger partial charge in [0, 0.05) is 19.6 Å². The number of halogens is 3. The van der Waals surface area contributed by atoms with Crippen molar-refractivity contribution in [1.82, 2.24) is 16.0 Å². The monoisotopic (exact) mass is 379 g/mol. The van der Waals surface area contributed by atoms with Gasteiger partial charge in [-0.15, -0.1) is 12.4 Å². The van der Waals surface area contributed by atoms with Gasteiger partial charge < -0.3 is 16.0 Å². The number of amides is 2. The van der Waals surface area contributed by atoms with Gasteiger partial charge >= 0.3 is 6.03 Å². The SMILES string of the molecule is CCNC(=O)NCC1CNCCCC1c1ccc(Cl)c(Cl)c1.Cl. The second kappa shape index (κ2) is 10.2. The molecule has 3 N–H and O–H groups in total. The summed E-state index contributed by atoms with van der Waals surface area (Å²) in [5, 5.41) is 10.3. The lowest BCUT2D eigenvalue weighted by Gasteiger charge is -2.26. The molecular formula is C16H24Cl3N3O. The maximum atomic E-state index is 11.6. The average molecular weight is 381 g/mol. The average Bonchev–Trinajstić information content (AvgIpc) is 2.74. The van der Waals surface area contributed by atoms with E-state index in [1.54, 1.807) is 0 Å². The van der Waals surface area contributed by atoms with E-state index >= 15 is 0 Å². The van der Waals surface area contributed by atoms with E-state index in [2.05, 4.69) is 16.0 Å². The number of hydrogen-bond donors (Lipinski definition) is 3. The summed E-state index contributed by atoms with van der Waals surface area (Å²) in [4.78, 5) is 11.6. The van der Waals surface area contributed by atoms with Crippen LogP contribution in [0.5, 0.6) is 0 Å². The Kier molecular flexibility index (Phi) is 9.07. The van der Waals surface area contributed by atoms with Crippen LogP contribution in [0.1, 0.15) is 31.2 Å². The van der Waals surface area contributed by atoms with E-state index in [0.29, 0.717) is 35.0 Å². The molecule has 2 unspecified atom stereocenters. The number of rotatable bonds is 4. The second-order valence-electron chi connectivity index (χ2n) is 5.63. The van der Waals surface area contributed by atoms with Crippen LogP contribution >= 0.6 is 35.6 Å². The largest absolute Gasteiger partial charge is 0.338 e. The van der Waals surface area contributed by atoms with Crippen LogP contribution in [0.3, 0.4) is 0 Å². The summed E-state index contributed by atoms with van der Waals surface area (Å²) in [6.45, 7) is 5.08. The molecule has 130 valence electrons. The van der Waals surface area contributed by atoms with Crippen LogP contribution in [-0.4, -0.2) is 32.2 Å². The van der Waals surface area contributed by atoms with Gasteiger partial charge in [-0.2, -0.15) is 0 Å². The van der Waals surface area contributed by atoms with Crippen LogP contribution in [0, 0.1) is 5.92 Å². The molecule has 1 aliphatic rings. The van der Waals surface area contributed by atoms with E-state index in [1.165, 1.54) is 5.56 Å². The first-order valence-electron chi connectivity index (χ1n) is 7.79. The number of urea groups is 1. The van der Waals surface area contributed by atoms with Crippen molar-refractivity contribution >= 4 is 41.6 Å². The minimum atomic E-state index is -0.111. The van der Waals surface area contributed by atoms with Crippen molar-refractivity contribution in [1.29, 1.82) is 0 Å². The van der Waals surface area contributed by atoms with Crippen molar-refractivity contribution in [2.45, 2.75) is 25.7 Å². The van der Waals surface area contributed by atoms with E-state index in [0.717, 1.165) is 25.9 Å². The van der Waals surface area contributed by atoms with Gasteiger partial charge in [-0.25, -0.2) is 4.79 Å². The van der Waals surface area contributed by atoms with Gasteiger partial charge in [0.05, 0.1) is 10.0 Å². The first-order chi connectivity index (χ1) is 10.6. The molecule has 0 spiro atoms. The minimum Gasteiger partial charge on any atom is -0.338 e. The summed E-state index contributed by atoms with van der Waals surface area (Å²) < 4.78 is 0. The number of benzene rings is 1. The predicted octanol–water partition coefficient (Wildman–Crippen LogP) is 3.82. The summed E-state index contributed by atoms with van der Waals surface area (Å²) >= 11 is 12.2. The topological polar surface area (TPSA) is 53.2 Å². The predicted molar refractivity (Wildman–Crippen MR) is 99.1 cm³/mol. The summed E-state index contributed by atoms with van der Waals surface area (Å²) in [5.41, 5.74) is 1.20. The highest BCUT2D eigenvalue weighted by Crippen LogP contribution is 2.34. The summed E-state index contributed by atoms with van der Waals surface area (Å²) in [5.74, 6) is 0.703. The molecule has 1 aromatic carbocycles. The Morgan fingerprint density at radius 3 is 2.78 bits per heavy atom. The van der Waals surface area contributed by atoms with Crippen molar-refractivity contribution in [3.8, 4) is 0 Å². The van der Waals surface area contributed by atoms with Crippen molar-refractivity contribution in [2.75, 3.05) is 26.2 Å². The molecular weight excluding hydrogens is 357 g/mol. The van der Waals surface area contributed by atoms with Gasteiger partial charge in [0.2, 0.25) is 0 Å². The smallest absolute Gasteiger partial charge is 0.314 e. The van der Waals surface area contributed by atoms with E-state index in [9.17, 15) is 4.79 Å². The van der Waals surface area contributed by atoms with Crippen molar-refractivity contribution in [2.24, 2.45) is 5.92 Å². The highest BCUT2D eigenvalue weighted by atomic mass is 35.5. The number of carbonyl (C=O) groups is 1. The quantitative estimate of drug-likeness (QED) is 0.744. The van der Waals surface area contributed by atoms with Crippen molar-refractivity contribution in [3.05, 3.63) is 33.8 Å². The van der Waals surface area contributed by atoms with Crippen LogP contribution in [0.25, 0.3) is 0 Å². The lowest BCUT2D eigenvalue weighted by atomic mass is 9.83. The molecule has 2 rings (SSSR count). The number of nitrogens with one attached hydrogen (secondary N) is 3. The zero-order valence-corrected chi connectivity index (χ0v) is 15.5. The lowest BCUT2D eigenvalue weighted by Crippen LogP contribution is -2.41. The van der Waals surface area contributed by atoms with Gasteiger partial charge in [-0.1, -0.05) is 29.3 Å². The Balaban J connectivity index is 0.00000264. The zero-order valence-electron chi connectivity index (χ0n) is 13.2. The first kappa shape index (κ1) is 20.4. The van der Waals surface area contributed by atoms with Gasteiger partial charge in [0.1, 0.15) is 0 Å². The normalized spacial score (nSPS) is 21.0. The molecule has 2 amide bonds. The highest BCUT2D eigenvalue weighted by molar-refractivity contribution is 6.42. The van der Waals surface area contributed by atoms with E-state index in [1.807, 2.05) is 25.1 Å². The molecule has 0 aromatic heterocycles. The van der Waals surface area contributed by atoms with Crippen LogP contribution < -0.4 is 16.0 Å². The van der Waals surface area contributed by atoms with Crippen molar-refractivity contribution < 1.29 is 4.79 Å². The van der Waals surface area contributed by atoms with Gasteiger partial charge in [-0.3, -0.25) is 0 Å². The molecule has 1 aromatic rings. The molecule has 0 radical (unpaired) electrons. The maximum Gasteiger partial charge on any atom is 0.314 e. The number of hydrogen-bond acceptors (Lipinski definition) is 2. The number of carbonyl (C=O) groups excluding carboxylic acids is 1. The Labute approximate surface area is 154 Å². The molecule has 1 heterocycles. The molecule has 1 aliphatic heterocycles. The minimum absolute atomic E-state index is 0. The van der Waals surface area contributed by atoms with Gasteiger partial charge in [0.15, 0.2) is 0 Å². The standard InChI is InChI=1S/C16H23Cl2N3O.ClH/c1-2-20-16(22)21-10-12-9-19-7-3-4-13(12)11-5-6-14(17)15(18)8-11;/h5-6,8,12-13,19H,2-4,7,9-10H2,1H3,(H2,20,21,22);1H. The molecule has 0 saturated carbocycles. The van der Waals surface area contributed by atoms with Gasteiger partial charge in [0.25, 0.3) is 0 Å². The molecule has 0 bridgehead atoms. The van der Waals surface area contributed by atoms with Crippen LogP contribution in [0.2, 0.25) is 10.0 Å². The molecule has 1 fully saturated rings. The van der Waals surface area contributed by atoms with E-state index < -0.39 is 0 Å². The Morgan fingerprint density at radius 2 is 2.09 bits per heavy atom. The summed E-state index contributed by atoms with van der Waals surface area (Å²) in [7, 11) is 0. The highest BCUT2D eigenvalue weighted by Gasteiger charge is 2.26. The second-order valence-corrected chi connectivity index (χ2v) is 6.44. The first-order valence-corrected chi connectivity index (χ1v) is 8.54. The Bertz CT molecular complexity index is 513. The van der Waals surface area contributed by atoms with Crippen LogP contribution in [-0.2, 0) is 0 Å². The molecule has 4 nitrogen and oxygen atoms in total. The summed E-state index contributed by atoms with van der Waals surface area (Å²) in [6, 6.07) is 5.74. The Morgan fingerprint density at radius 1 is 1.30 bits per heavy atom. The van der Waals surface area contributed by atoms with Crippen molar-refractivity contribution in [3.63, 3.8) is 0 Å². The van der Waals surface area contributed by atoms with Gasteiger partial charge in [-0.05, 0) is 55.8 Å². The fourth-order valence-electron chi connectivity index (χ4n) is 2.96. The van der Waals surface area contributed by atoms with E-state index in [4.69, 9.17) is 23.2 Å². The zero-order chi connectivity index (χ0) is 15.9. The third-order valence-corrected chi connectivity index (χ3v) is 4.82. The summed E-state index contributed by atoms with van der Waals surface area (Å²) in [6.07, 6.45) is 2.19. The van der Waals surface area contributed by atoms with Crippen LogP contribution in [0.15, 0.2) is 18.2 Å².